The van der Waals surface area contributed by atoms with Gasteiger partial charge in [-0.1, -0.05) is 35.9 Å². The number of rotatable bonds is 8. The minimum atomic E-state index is -0.524. The molecular weight excluding hydrogens is 356 g/mol. The molecule has 0 fully saturated rings. The summed E-state index contributed by atoms with van der Waals surface area (Å²) in [5.41, 5.74) is 1.23. The van der Waals surface area contributed by atoms with Crippen LogP contribution in [-0.4, -0.2) is 24.4 Å². The van der Waals surface area contributed by atoms with Gasteiger partial charge in [0.25, 0.3) is 5.91 Å². The van der Waals surface area contributed by atoms with Crippen molar-refractivity contribution in [2.24, 2.45) is 0 Å². The maximum atomic E-state index is 11.8. The van der Waals surface area contributed by atoms with E-state index in [9.17, 15) is 14.4 Å². The van der Waals surface area contributed by atoms with Crippen molar-refractivity contribution in [2.45, 2.75) is 19.3 Å². The topological polar surface area (TPSA) is 84.5 Å². The highest BCUT2D eigenvalue weighted by Crippen LogP contribution is 2.15. The Balaban J connectivity index is 1.61. The van der Waals surface area contributed by atoms with Crippen LogP contribution in [0.1, 0.15) is 19.3 Å². The second-order valence-corrected chi connectivity index (χ2v) is 5.92. The second kappa shape index (κ2) is 10.2. The van der Waals surface area contributed by atoms with Crippen LogP contribution in [0.3, 0.4) is 0 Å². The van der Waals surface area contributed by atoms with Crippen molar-refractivity contribution in [1.82, 2.24) is 0 Å². The Morgan fingerprint density at radius 3 is 2.27 bits per heavy atom. The van der Waals surface area contributed by atoms with Gasteiger partial charge in [-0.05, 0) is 36.8 Å². The zero-order valence-electron chi connectivity index (χ0n) is 14.0. The quantitative estimate of drug-likeness (QED) is 0.691. The van der Waals surface area contributed by atoms with Gasteiger partial charge in [0, 0.05) is 29.2 Å². The minimum absolute atomic E-state index is 0.0571. The van der Waals surface area contributed by atoms with Gasteiger partial charge < -0.3 is 15.4 Å². The van der Waals surface area contributed by atoms with Gasteiger partial charge in [0.05, 0.1) is 0 Å². The van der Waals surface area contributed by atoms with E-state index < -0.39 is 11.9 Å². The zero-order valence-corrected chi connectivity index (χ0v) is 14.8. The molecule has 0 saturated heterocycles. The highest BCUT2D eigenvalue weighted by Gasteiger charge is 2.09. The summed E-state index contributed by atoms with van der Waals surface area (Å²) in [6.45, 7) is -0.359. The van der Waals surface area contributed by atoms with Gasteiger partial charge in [0.2, 0.25) is 5.91 Å². The number of halogens is 1. The Morgan fingerprint density at radius 1 is 0.846 bits per heavy atom. The van der Waals surface area contributed by atoms with Crippen LogP contribution in [0.15, 0.2) is 54.6 Å². The highest BCUT2D eigenvalue weighted by atomic mass is 35.5. The van der Waals surface area contributed by atoms with E-state index >= 15 is 0 Å². The molecule has 0 spiro atoms. The van der Waals surface area contributed by atoms with E-state index in [2.05, 4.69) is 10.6 Å². The molecule has 0 heterocycles. The molecule has 2 N–H and O–H groups in total. The van der Waals surface area contributed by atoms with Crippen molar-refractivity contribution < 1.29 is 19.1 Å². The molecular formula is C19H19ClN2O4. The molecule has 2 aromatic carbocycles. The SMILES string of the molecule is O=C(CCCC(=O)OCC(=O)Nc1ccccc1)Nc1cccc(Cl)c1. The summed E-state index contributed by atoms with van der Waals surface area (Å²) in [6.07, 6.45) is 0.547. The molecule has 0 aliphatic carbocycles. The Labute approximate surface area is 156 Å². The number of amides is 2. The predicted molar refractivity (Wildman–Crippen MR) is 100.0 cm³/mol. The third-order valence-corrected chi connectivity index (χ3v) is 3.55. The smallest absolute Gasteiger partial charge is 0.306 e. The Bertz CT molecular complexity index is 765. The molecule has 2 amide bonds. The summed E-state index contributed by atoms with van der Waals surface area (Å²) >= 11 is 5.84. The molecule has 26 heavy (non-hydrogen) atoms. The molecule has 0 saturated carbocycles. The van der Waals surface area contributed by atoms with Crippen LogP contribution in [0.5, 0.6) is 0 Å². The van der Waals surface area contributed by atoms with E-state index in [4.69, 9.17) is 16.3 Å². The van der Waals surface area contributed by atoms with Crippen LogP contribution in [-0.2, 0) is 19.1 Å². The summed E-state index contributed by atoms with van der Waals surface area (Å²) < 4.78 is 4.89. The molecule has 2 aromatic rings. The summed E-state index contributed by atoms with van der Waals surface area (Å²) in [5, 5.41) is 5.83. The molecule has 0 aliphatic heterocycles. The first-order valence-electron chi connectivity index (χ1n) is 8.09. The van der Waals surface area contributed by atoms with E-state index in [1.54, 1.807) is 48.5 Å². The molecule has 0 atom stereocenters. The third-order valence-electron chi connectivity index (χ3n) is 3.31. The number of hydrogen-bond donors (Lipinski definition) is 2. The Kier molecular flexibility index (Phi) is 7.64. The molecule has 7 heteroatoms. The number of hydrogen-bond acceptors (Lipinski definition) is 4. The first-order chi connectivity index (χ1) is 12.5. The zero-order chi connectivity index (χ0) is 18.8. The number of carbonyl (C=O) groups excluding carboxylic acids is 3. The summed E-state index contributed by atoms with van der Waals surface area (Å²) in [6, 6.07) is 15.7. The van der Waals surface area contributed by atoms with Gasteiger partial charge in [-0.15, -0.1) is 0 Å². The van der Waals surface area contributed by atoms with Crippen LogP contribution in [0.2, 0.25) is 5.02 Å². The van der Waals surface area contributed by atoms with Crippen LogP contribution >= 0.6 is 11.6 Å². The van der Waals surface area contributed by atoms with Crippen molar-refractivity contribution >= 4 is 40.8 Å². The lowest BCUT2D eigenvalue weighted by Gasteiger charge is -2.07. The van der Waals surface area contributed by atoms with E-state index in [0.717, 1.165) is 0 Å². The number of carbonyl (C=O) groups is 3. The lowest BCUT2D eigenvalue weighted by molar-refractivity contribution is -0.147. The van der Waals surface area contributed by atoms with Crippen molar-refractivity contribution in [1.29, 1.82) is 0 Å². The van der Waals surface area contributed by atoms with Crippen molar-refractivity contribution in [3.8, 4) is 0 Å². The first kappa shape index (κ1) is 19.5. The summed E-state index contributed by atoms with van der Waals surface area (Å²) in [4.78, 5) is 35.1. The van der Waals surface area contributed by atoms with E-state index in [0.29, 0.717) is 22.8 Å². The number of esters is 1. The van der Waals surface area contributed by atoms with Gasteiger partial charge in [-0.2, -0.15) is 0 Å². The second-order valence-electron chi connectivity index (χ2n) is 5.49. The molecule has 0 bridgehead atoms. The normalized spacial score (nSPS) is 10.0. The van der Waals surface area contributed by atoms with Crippen LogP contribution in [0.25, 0.3) is 0 Å². The molecule has 2 rings (SSSR count). The van der Waals surface area contributed by atoms with Gasteiger partial charge >= 0.3 is 5.97 Å². The summed E-state index contributed by atoms with van der Waals surface area (Å²) in [5.74, 6) is -1.16. The van der Waals surface area contributed by atoms with E-state index in [1.165, 1.54) is 0 Å². The largest absolute Gasteiger partial charge is 0.456 e. The minimum Gasteiger partial charge on any atom is -0.456 e. The maximum absolute atomic E-state index is 11.8. The standard InChI is InChI=1S/C19H19ClN2O4/c20-14-6-4-9-16(12-14)22-17(23)10-5-11-19(25)26-13-18(24)21-15-7-2-1-3-8-15/h1-4,6-9,12H,5,10-11,13H2,(H,21,24)(H,22,23). The summed E-state index contributed by atoms with van der Waals surface area (Å²) in [7, 11) is 0. The fourth-order valence-electron chi connectivity index (χ4n) is 2.12. The third kappa shape index (κ3) is 7.36. The number of ether oxygens (including phenoxy) is 1. The average molecular weight is 375 g/mol. The van der Waals surface area contributed by atoms with Gasteiger partial charge in [-0.25, -0.2) is 0 Å². The molecule has 6 nitrogen and oxygen atoms in total. The number of nitrogens with one attached hydrogen (secondary N) is 2. The van der Waals surface area contributed by atoms with Crippen molar-refractivity contribution in [3.63, 3.8) is 0 Å². The highest BCUT2D eigenvalue weighted by molar-refractivity contribution is 6.30. The van der Waals surface area contributed by atoms with Gasteiger partial charge in [0.1, 0.15) is 0 Å². The lowest BCUT2D eigenvalue weighted by atomic mass is 10.2. The predicted octanol–water partition coefficient (Wildman–Crippen LogP) is 3.63. The van der Waals surface area contributed by atoms with Gasteiger partial charge in [-0.3, -0.25) is 14.4 Å². The first-order valence-corrected chi connectivity index (χ1v) is 8.46. The Hall–Kier alpha value is -2.86. The fourth-order valence-corrected chi connectivity index (χ4v) is 2.31. The average Bonchev–Trinajstić information content (AvgIpc) is 2.61. The van der Waals surface area contributed by atoms with E-state index in [-0.39, 0.29) is 25.4 Å². The molecule has 0 aromatic heterocycles. The van der Waals surface area contributed by atoms with Crippen molar-refractivity contribution in [2.75, 3.05) is 17.2 Å². The molecule has 0 radical (unpaired) electrons. The monoisotopic (exact) mass is 374 g/mol. The maximum Gasteiger partial charge on any atom is 0.306 e. The number of para-hydroxylation sites is 1. The van der Waals surface area contributed by atoms with Crippen LogP contribution in [0.4, 0.5) is 11.4 Å². The van der Waals surface area contributed by atoms with Gasteiger partial charge in [0.15, 0.2) is 6.61 Å². The molecule has 0 unspecified atom stereocenters. The fraction of sp³-hybridized carbons (Fsp3) is 0.211. The Morgan fingerprint density at radius 2 is 1.54 bits per heavy atom. The van der Waals surface area contributed by atoms with Crippen LogP contribution < -0.4 is 10.6 Å². The lowest BCUT2D eigenvalue weighted by Crippen LogP contribution is -2.21. The van der Waals surface area contributed by atoms with Crippen molar-refractivity contribution in [3.05, 3.63) is 59.6 Å². The van der Waals surface area contributed by atoms with Crippen LogP contribution in [0, 0.1) is 0 Å². The molecule has 0 aliphatic rings. The van der Waals surface area contributed by atoms with E-state index in [1.807, 2.05) is 6.07 Å². The molecule has 136 valence electrons. The number of anilines is 2. The number of benzene rings is 2.